The van der Waals surface area contributed by atoms with Crippen LogP contribution in [0.3, 0.4) is 0 Å². The van der Waals surface area contributed by atoms with Crippen molar-refractivity contribution in [1.29, 1.82) is 5.41 Å². The van der Waals surface area contributed by atoms with Gasteiger partial charge >= 0.3 is 0 Å². The van der Waals surface area contributed by atoms with E-state index >= 15 is 0 Å². The lowest BCUT2D eigenvalue weighted by Gasteiger charge is -2.43. The third kappa shape index (κ3) is 8.17. The quantitative estimate of drug-likeness (QED) is 0.134. The fourth-order valence-corrected chi connectivity index (χ4v) is 7.23. The number of halogens is 1. The Hall–Kier alpha value is -3.45. The van der Waals surface area contributed by atoms with E-state index in [1.54, 1.807) is 25.6 Å². The molecule has 0 radical (unpaired) electrons. The second-order valence-electron chi connectivity index (χ2n) is 12.9. The standard InChI is InChI=1S/C34H47ClN8O4/c1-22(12-13-44-3)47-33-31(18-42(41-33)26-5-7-27(8-6-26)43-28-9-10-29(43)20-45-19-28)40-34-38-16-25(17-39-34)24-4-11-30(35)32(14-24)46-23(2)15-37-21-36/h4,11,14,16-18,21-23,26-29H,5-10,12-13,15,19-20H2,1-3H3,(H2,36,37)(H,38,39,40)/t22?,23-,26-,27-,28-,29+/m0/s1. The zero-order chi connectivity index (χ0) is 32.8. The van der Waals surface area contributed by atoms with Crippen LogP contribution in [0, 0.1) is 5.41 Å². The van der Waals surface area contributed by atoms with Crippen LogP contribution in [0.15, 0.2) is 36.8 Å². The molecule has 3 aliphatic rings. The number of hydrogen-bond acceptors (Lipinski definition) is 10. The summed E-state index contributed by atoms with van der Waals surface area (Å²) in [6.45, 7) is 6.83. The van der Waals surface area contributed by atoms with Crippen LogP contribution >= 0.6 is 11.6 Å². The first-order valence-electron chi connectivity index (χ1n) is 16.8. The largest absolute Gasteiger partial charge is 0.487 e. The third-order valence-corrected chi connectivity index (χ3v) is 9.81. The maximum Gasteiger partial charge on any atom is 0.257 e. The van der Waals surface area contributed by atoms with Crippen LogP contribution in [0.25, 0.3) is 11.1 Å². The number of nitrogens with one attached hydrogen (secondary N) is 3. The average Bonchev–Trinajstić information content (AvgIpc) is 3.59. The number of aromatic nitrogens is 4. The Kier molecular flexibility index (Phi) is 11.1. The van der Waals surface area contributed by atoms with Gasteiger partial charge in [0.15, 0.2) is 0 Å². The van der Waals surface area contributed by atoms with Gasteiger partial charge in [0, 0.05) is 56.2 Å². The number of fused-ring (bicyclic) bond motifs is 2. The summed E-state index contributed by atoms with van der Waals surface area (Å²) in [5.41, 5.74) is 2.45. The van der Waals surface area contributed by atoms with E-state index in [0.717, 1.165) is 55.6 Å². The molecule has 4 heterocycles. The summed E-state index contributed by atoms with van der Waals surface area (Å²) in [7, 11) is 1.70. The van der Waals surface area contributed by atoms with Crippen molar-refractivity contribution in [2.45, 2.75) is 95.2 Å². The first kappa shape index (κ1) is 33.5. The molecule has 0 spiro atoms. The van der Waals surface area contributed by atoms with Crippen molar-refractivity contribution in [2.75, 3.05) is 38.8 Å². The molecule has 47 heavy (non-hydrogen) atoms. The summed E-state index contributed by atoms with van der Waals surface area (Å²) in [5, 5.41) is 18.8. The molecule has 1 unspecified atom stereocenters. The highest BCUT2D eigenvalue weighted by Gasteiger charge is 2.42. The molecule has 4 atom stereocenters. The van der Waals surface area contributed by atoms with Crippen LogP contribution < -0.4 is 20.1 Å². The summed E-state index contributed by atoms with van der Waals surface area (Å²) in [4.78, 5) is 12.0. The van der Waals surface area contributed by atoms with E-state index in [0.29, 0.717) is 59.9 Å². The van der Waals surface area contributed by atoms with Crippen LogP contribution in [0.5, 0.6) is 11.6 Å². The highest BCUT2D eigenvalue weighted by atomic mass is 35.5. The van der Waals surface area contributed by atoms with Crippen molar-refractivity contribution in [1.82, 2.24) is 30.0 Å². The predicted octanol–water partition coefficient (Wildman–Crippen LogP) is 5.85. The Morgan fingerprint density at radius 3 is 2.38 bits per heavy atom. The Labute approximate surface area is 282 Å². The monoisotopic (exact) mass is 666 g/mol. The van der Waals surface area contributed by atoms with Crippen LogP contribution in [0.4, 0.5) is 11.6 Å². The van der Waals surface area contributed by atoms with Crippen molar-refractivity contribution in [3.63, 3.8) is 0 Å². The molecule has 6 rings (SSSR count). The number of ether oxygens (including phenoxy) is 4. The molecule has 1 saturated carbocycles. The molecule has 12 nitrogen and oxygen atoms in total. The summed E-state index contributed by atoms with van der Waals surface area (Å²) >= 11 is 6.41. The van der Waals surface area contributed by atoms with Gasteiger partial charge in [-0.3, -0.25) is 15.0 Å². The van der Waals surface area contributed by atoms with E-state index in [2.05, 4.69) is 30.2 Å². The highest BCUT2D eigenvalue weighted by molar-refractivity contribution is 6.32. The first-order valence-corrected chi connectivity index (χ1v) is 17.2. The fourth-order valence-electron chi connectivity index (χ4n) is 7.06. The maximum atomic E-state index is 7.16. The number of nitrogens with zero attached hydrogens (tertiary/aromatic N) is 5. The maximum absolute atomic E-state index is 7.16. The molecule has 13 heteroatoms. The molecular weight excluding hydrogens is 620 g/mol. The van der Waals surface area contributed by atoms with E-state index in [1.165, 1.54) is 25.7 Å². The van der Waals surface area contributed by atoms with Crippen LogP contribution in [0.1, 0.15) is 64.8 Å². The number of benzene rings is 1. The smallest absolute Gasteiger partial charge is 0.257 e. The average molecular weight is 667 g/mol. The Morgan fingerprint density at radius 1 is 0.979 bits per heavy atom. The highest BCUT2D eigenvalue weighted by Crippen LogP contribution is 2.40. The predicted molar refractivity (Wildman–Crippen MR) is 182 cm³/mol. The molecular formula is C34H47ClN8O4. The minimum atomic E-state index is -0.170. The number of morpholine rings is 1. The van der Waals surface area contributed by atoms with Gasteiger partial charge in [0.25, 0.3) is 5.88 Å². The van der Waals surface area contributed by atoms with Gasteiger partial charge in [-0.15, -0.1) is 5.10 Å². The van der Waals surface area contributed by atoms with Crippen molar-refractivity contribution in [3.8, 4) is 22.8 Å². The molecule has 2 aromatic heterocycles. The van der Waals surface area contributed by atoms with Gasteiger partial charge < -0.3 is 29.6 Å². The van der Waals surface area contributed by atoms with Gasteiger partial charge in [0.2, 0.25) is 5.95 Å². The van der Waals surface area contributed by atoms with E-state index in [9.17, 15) is 0 Å². The summed E-state index contributed by atoms with van der Waals surface area (Å²) in [5.74, 6) is 1.56. The first-order chi connectivity index (χ1) is 22.9. The zero-order valence-corrected chi connectivity index (χ0v) is 28.3. The minimum Gasteiger partial charge on any atom is -0.487 e. The minimum absolute atomic E-state index is 0.0698. The van der Waals surface area contributed by atoms with Crippen LogP contribution in [-0.4, -0.2) is 94.8 Å². The van der Waals surface area contributed by atoms with Gasteiger partial charge in [-0.25, -0.2) is 9.97 Å². The third-order valence-electron chi connectivity index (χ3n) is 9.50. The van der Waals surface area contributed by atoms with Crippen LogP contribution in [0.2, 0.25) is 5.02 Å². The molecule has 1 aromatic carbocycles. The van der Waals surface area contributed by atoms with Crippen molar-refractivity contribution in [3.05, 3.63) is 41.8 Å². The zero-order valence-electron chi connectivity index (χ0n) is 27.5. The molecule has 3 fully saturated rings. The molecule has 2 saturated heterocycles. The number of methoxy groups -OCH3 is 1. The van der Waals surface area contributed by atoms with E-state index in [4.69, 9.17) is 41.1 Å². The Bertz CT molecular complexity index is 1450. The van der Waals surface area contributed by atoms with Crippen molar-refractivity contribution >= 4 is 29.6 Å². The molecule has 3 N–H and O–H groups in total. The van der Waals surface area contributed by atoms with Gasteiger partial charge in [-0.2, -0.15) is 0 Å². The van der Waals surface area contributed by atoms with Gasteiger partial charge in [0.05, 0.1) is 49.5 Å². The van der Waals surface area contributed by atoms with Gasteiger partial charge in [-0.1, -0.05) is 17.7 Å². The summed E-state index contributed by atoms with van der Waals surface area (Å²) in [6, 6.07) is 7.73. The second kappa shape index (κ2) is 15.6. The van der Waals surface area contributed by atoms with Crippen LogP contribution in [-0.2, 0) is 9.47 Å². The molecule has 3 aromatic rings. The Balaban J connectivity index is 1.14. The lowest BCUT2D eigenvalue weighted by molar-refractivity contribution is -0.0458. The Morgan fingerprint density at radius 2 is 1.68 bits per heavy atom. The summed E-state index contributed by atoms with van der Waals surface area (Å²) < 4.78 is 25.5. The summed E-state index contributed by atoms with van der Waals surface area (Å²) in [6.07, 6.45) is 14.3. The molecule has 1 aliphatic carbocycles. The molecule has 2 bridgehead atoms. The van der Waals surface area contributed by atoms with Crippen molar-refractivity contribution in [2.24, 2.45) is 0 Å². The SMILES string of the molecule is COCCC(C)Oc1nn([C@H]2CC[C@H](N3[C@@H]4CC[C@H]3COC4)CC2)cc1Nc1ncc(-c2ccc(Cl)c(O[C@@H](C)CNC=N)c2)cn1. The van der Waals surface area contributed by atoms with E-state index in [-0.39, 0.29) is 12.2 Å². The van der Waals surface area contributed by atoms with Gasteiger partial charge in [0.1, 0.15) is 17.5 Å². The number of rotatable bonds is 15. The molecule has 0 amide bonds. The molecule has 254 valence electrons. The fraction of sp³-hybridized carbons (Fsp3) is 0.588. The van der Waals surface area contributed by atoms with Crippen molar-refractivity contribution < 1.29 is 18.9 Å². The lowest BCUT2D eigenvalue weighted by Crippen LogP contribution is -2.52. The second-order valence-corrected chi connectivity index (χ2v) is 13.3. The number of anilines is 2. The topological polar surface area (TPSA) is 132 Å². The number of hydrogen-bond donors (Lipinski definition) is 3. The molecule has 2 aliphatic heterocycles. The lowest BCUT2D eigenvalue weighted by atomic mass is 9.89. The van der Waals surface area contributed by atoms with Gasteiger partial charge in [-0.05, 0) is 70.1 Å². The van der Waals surface area contributed by atoms with E-state index < -0.39 is 0 Å². The van der Waals surface area contributed by atoms with E-state index in [1.807, 2.05) is 32.2 Å². The normalized spacial score (nSPS) is 24.0.